The van der Waals surface area contributed by atoms with E-state index in [4.69, 9.17) is 4.74 Å². The number of amides is 1. The van der Waals surface area contributed by atoms with Crippen LogP contribution in [0.4, 0.5) is 4.79 Å². The average Bonchev–Trinajstić information content (AvgIpc) is 2.66. The van der Waals surface area contributed by atoms with Crippen molar-refractivity contribution in [3.8, 4) is 0 Å². The van der Waals surface area contributed by atoms with Crippen molar-refractivity contribution in [3.05, 3.63) is 0 Å². The summed E-state index contributed by atoms with van der Waals surface area (Å²) in [5.74, 6) is 0.403. The Balaban J connectivity index is 1.82. The molecule has 1 heterocycles. The molecule has 84 valence electrons. The molecule has 0 aromatic rings. The summed E-state index contributed by atoms with van der Waals surface area (Å²) < 4.78 is 4.79. The molecule has 0 atom stereocenters. The van der Waals surface area contributed by atoms with Crippen LogP contribution in [0.3, 0.4) is 0 Å². The summed E-state index contributed by atoms with van der Waals surface area (Å²) in [5, 5.41) is 0. The largest absolute Gasteiger partial charge is 0.448 e. The fraction of sp³-hybridized carbons (Fsp3) is 0.818. The van der Waals surface area contributed by atoms with Crippen LogP contribution in [0, 0.1) is 5.92 Å². The number of cyclic esters (lactones) is 1. The highest BCUT2D eigenvalue weighted by atomic mass is 16.6. The average molecular weight is 211 g/mol. The number of ether oxygens (including phenoxy) is 1. The second kappa shape index (κ2) is 4.64. The Morgan fingerprint density at radius 2 is 2.07 bits per heavy atom. The number of carbonyl (C=O) groups is 2. The molecule has 1 aliphatic carbocycles. The smallest absolute Gasteiger partial charge is 0.410 e. The van der Waals surface area contributed by atoms with Crippen molar-refractivity contribution in [1.29, 1.82) is 0 Å². The van der Waals surface area contributed by atoms with Crippen molar-refractivity contribution in [2.45, 2.75) is 32.1 Å². The first-order valence-corrected chi connectivity index (χ1v) is 5.72. The number of hydrogen-bond acceptors (Lipinski definition) is 3. The zero-order valence-corrected chi connectivity index (χ0v) is 8.91. The van der Waals surface area contributed by atoms with Gasteiger partial charge in [0.05, 0.1) is 13.1 Å². The van der Waals surface area contributed by atoms with E-state index in [1.807, 2.05) is 0 Å². The van der Waals surface area contributed by atoms with Crippen LogP contribution in [0.15, 0.2) is 0 Å². The minimum atomic E-state index is -0.334. The second-order valence-corrected chi connectivity index (χ2v) is 4.34. The first-order valence-electron chi connectivity index (χ1n) is 5.72. The number of Topliss-reactive ketones (excluding diaryl/α,β-unsaturated/α-hetero) is 1. The van der Waals surface area contributed by atoms with Crippen LogP contribution in [0.25, 0.3) is 0 Å². The van der Waals surface area contributed by atoms with Crippen molar-refractivity contribution >= 4 is 11.9 Å². The lowest BCUT2D eigenvalue weighted by Gasteiger charge is -2.22. The normalized spacial score (nSPS) is 22.9. The Labute approximate surface area is 89.6 Å². The van der Waals surface area contributed by atoms with Gasteiger partial charge in [0.25, 0.3) is 0 Å². The zero-order chi connectivity index (χ0) is 10.7. The highest BCUT2D eigenvalue weighted by molar-refractivity contribution is 5.86. The molecule has 0 spiro atoms. The summed E-state index contributed by atoms with van der Waals surface area (Å²) in [5.41, 5.74) is 0. The quantitative estimate of drug-likeness (QED) is 0.712. The van der Waals surface area contributed by atoms with E-state index < -0.39 is 0 Å². The van der Waals surface area contributed by atoms with Gasteiger partial charge in [-0.25, -0.2) is 4.79 Å². The van der Waals surface area contributed by atoms with Crippen LogP contribution in [0.2, 0.25) is 0 Å². The Kier molecular flexibility index (Phi) is 3.23. The summed E-state index contributed by atoms with van der Waals surface area (Å²) in [6.45, 7) is 1.25. The van der Waals surface area contributed by atoms with E-state index in [0.717, 1.165) is 25.7 Å². The number of ketones is 1. The van der Waals surface area contributed by atoms with Crippen molar-refractivity contribution < 1.29 is 14.3 Å². The van der Waals surface area contributed by atoms with Crippen LogP contribution in [0.1, 0.15) is 32.1 Å². The molecular formula is C11H17NO3. The molecule has 0 unspecified atom stereocenters. The topological polar surface area (TPSA) is 46.6 Å². The molecule has 2 aliphatic rings. The summed E-state index contributed by atoms with van der Waals surface area (Å²) in [6.07, 6.45) is 5.22. The van der Waals surface area contributed by atoms with Gasteiger partial charge in [-0.2, -0.15) is 0 Å². The predicted molar refractivity (Wildman–Crippen MR) is 54.5 cm³/mol. The molecule has 0 aromatic heterocycles. The predicted octanol–water partition coefficient (Wildman–Crippen LogP) is 1.59. The third kappa shape index (κ3) is 2.49. The molecule has 0 radical (unpaired) electrons. The maximum atomic E-state index is 11.9. The summed E-state index contributed by atoms with van der Waals surface area (Å²) >= 11 is 0. The Bertz CT molecular complexity index is 259. The van der Waals surface area contributed by atoms with Crippen LogP contribution in [0.5, 0.6) is 0 Å². The molecule has 4 heteroatoms. The number of nitrogens with zero attached hydrogens (tertiary/aromatic N) is 1. The van der Waals surface area contributed by atoms with Gasteiger partial charge in [0.1, 0.15) is 6.61 Å². The van der Waals surface area contributed by atoms with E-state index in [1.165, 1.54) is 11.3 Å². The van der Waals surface area contributed by atoms with Gasteiger partial charge in [0.15, 0.2) is 5.78 Å². The number of rotatable bonds is 3. The van der Waals surface area contributed by atoms with Crippen LogP contribution >= 0.6 is 0 Å². The Morgan fingerprint density at radius 3 is 2.67 bits per heavy atom. The molecule has 15 heavy (non-hydrogen) atoms. The van der Waals surface area contributed by atoms with Crippen LogP contribution < -0.4 is 0 Å². The van der Waals surface area contributed by atoms with Crippen molar-refractivity contribution in [2.75, 3.05) is 19.7 Å². The van der Waals surface area contributed by atoms with Gasteiger partial charge in [-0.3, -0.25) is 9.69 Å². The standard InChI is InChI=1S/C11H17NO3/c13-10(9-4-2-1-3-5-9)8-12-6-7-15-11(12)14/h9H,1-8H2. The fourth-order valence-corrected chi connectivity index (χ4v) is 2.31. The summed E-state index contributed by atoms with van der Waals surface area (Å²) in [4.78, 5) is 24.5. The van der Waals surface area contributed by atoms with E-state index in [1.54, 1.807) is 0 Å². The molecule has 2 fully saturated rings. The third-order valence-electron chi connectivity index (χ3n) is 3.25. The lowest BCUT2D eigenvalue weighted by atomic mass is 9.86. The maximum absolute atomic E-state index is 11.9. The van der Waals surface area contributed by atoms with E-state index >= 15 is 0 Å². The third-order valence-corrected chi connectivity index (χ3v) is 3.25. The minimum Gasteiger partial charge on any atom is -0.448 e. The fourth-order valence-electron chi connectivity index (χ4n) is 2.31. The van der Waals surface area contributed by atoms with Gasteiger partial charge >= 0.3 is 6.09 Å². The van der Waals surface area contributed by atoms with Crippen LogP contribution in [-0.4, -0.2) is 36.5 Å². The van der Waals surface area contributed by atoms with Gasteiger partial charge in [0, 0.05) is 5.92 Å². The summed E-state index contributed by atoms with van der Waals surface area (Å²) in [6, 6.07) is 0. The van der Waals surface area contributed by atoms with Gasteiger partial charge < -0.3 is 4.74 Å². The summed E-state index contributed by atoms with van der Waals surface area (Å²) in [7, 11) is 0. The lowest BCUT2D eigenvalue weighted by molar-refractivity contribution is -0.124. The molecular weight excluding hydrogens is 194 g/mol. The van der Waals surface area contributed by atoms with Crippen molar-refractivity contribution in [1.82, 2.24) is 4.90 Å². The molecule has 1 aliphatic heterocycles. The van der Waals surface area contributed by atoms with Gasteiger partial charge in [-0.1, -0.05) is 19.3 Å². The van der Waals surface area contributed by atoms with Crippen LogP contribution in [-0.2, 0) is 9.53 Å². The Morgan fingerprint density at radius 1 is 1.33 bits per heavy atom. The van der Waals surface area contributed by atoms with Gasteiger partial charge in [-0.15, -0.1) is 0 Å². The second-order valence-electron chi connectivity index (χ2n) is 4.34. The molecule has 4 nitrogen and oxygen atoms in total. The lowest BCUT2D eigenvalue weighted by Crippen LogP contribution is -2.34. The van der Waals surface area contributed by atoms with Gasteiger partial charge in [-0.05, 0) is 12.8 Å². The molecule has 1 amide bonds. The van der Waals surface area contributed by atoms with Crippen molar-refractivity contribution in [3.63, 3.8) is 0 Å². The van der Waals surface area contributed by atoms with E-state index in [0.29, 0.717) is 13.2 Å². The van der Waals surface area contributed by atoms with E-state index in [-0.39, 0.29) is 24.3 Å². The monoisotopic (exact) mass is 211 g/mol. The zero-order valence-electron chi connectivity index (χ0n) is 8.91. The van der Waals surface area contributed by atoms with E-state index in [2.05, 4.69) is 0 Å². The molecule has 0 bridgehead atoms. The Hall–Kier alpha value is -1.06. The minimum absolute atomic E-state index is 0.187. The molecule has 0 N–H and O–H groups in total. The number of carbonyl (C=O) groups excluding carboxylic acids is 2. The first-order chi connectivity index (χ1) is 7.27. The molecule has 1 saturated carbocycles. The van der Waals surface area contributed by atoms with Gasteiger partial charge in [0.2, 0.25) is 0 Å². The maximum Gasteiger partial charge on any atom is 0.410 e. The molecule has 1 saturated heterocycles. The SMILES string of the molecule is O=C(CN1CCOC1=O)C1CCCCC1. The highest BCUT2D eigenvalue weighted by Gasteiger charge is 2.28. The first kappa shape index (κ1) is 10.5. The number of hydrogen-bond donors (Lipinski definition) is 0. The van der Waals surface area contributed by atoms with E-state index in [9.17, 15) is 9.59 Å². The van der Waals surface area contributed by atoms with Crippen molar-refractivity contribution in [2.24, 2.45) is 5.92 Å². The highest BCUT2D eigenvalue weighted by Crippen LogP contribution is 2.24. The molecule has 0 aromatic carbocycles. The molecule has 2 rings (SSSR count).